The third-order valence-corrected chi connectivity index (χ3v) is 7.77. The second-order valence-electron chi connectivity index (χ2n) is 6.92. The van der Waals surface area contributed by atoms with E-state index in [1.165, 1.54) is 40.7 Å². The Morgan fingerprint density at radius 1 is 1.31 bits per heavy atom. The molecule has 0 aliphatic carbocycles. The summed E-state index contributed by atoms with van der Waals surface area (Å²) in [6.07, 6.45) is -0.221. The van der Waals surface area contributed by atoms with Crippen LogP contribution in [-0.4, -0.2) is 42.9 Å². The number of hydrogen-bond donors (Lipinski definition) is 2. The molecule has 3 rings (SSSR count). The lowest BCUT2D eigenvalue weighted by Gasteiger charge is -2.33. The first-order valence-electron chi connectivity index (χ1n) is 8.84. The number of halogens is 3. The molecule has 2 aromatic carbocycles. The van der Waals surface area contributed by atoms with E-state index in [0.29, 0.717) is 12.1 Å². The molecule has 29 heavy (non-hydrogen) atoms. The largest absolute Gasteiger partial charge is 0.393 e. The fourth-order valence-electron chi connectivity index (χ4n) is 3.07. The maximum atomic E-state index is 13.4. The van der Waals surface area contributed by atoms with Gasteiger partial charge in [-0.25, -0.2) is 12.8 Å². The zero-order valence-electron chi connectivity index (χ0n) is 15.4. The highest BCUT2D eigenvalue weighted by Crippen LogP contribution is 2.29. The molecule has 0 radical (unpaired) electrons. The molecule has 156 valence electrons. The smallest absolute Gasteiger partial charge is 0.255 e. The van der Waals surface area contributed by atoms with Crippen molar-refractivity contribution in [3.8, 4) is 0 Å². The number of nitrogens with one attached hydrogen (secondary N) is 1. The third kappa shape index (κ3) is 4.80. The Kier molecular flexibility index (Phi) is 6.64. The molecule has 1 aliphatic heterocycles. The number of nitrogens with zero attached hydrogens (tertiary/aromatic N) is 1. The molecule has 2 aromatic rings. The SMILES string of the molecule is CC1CN(S(=O)(=O)c2cc(C(=O)Nc3ccc(F)c(Br)c3)ccc2Cl)CCC1O. The van der Waals surface area contributed by atoms with Crippen LogP contribution in [0.2, 0.25) is 5.02 Å². The molecule has 2 atom stereocenters. The predicted octanol–water partition coefficient (Wildman–Crippen LogP) is 3.89. The summed E-state index contributed by atoms with van der Waals surface area (Å²) in [6, 6.07) is 7.99. The summed E-state index contributed by atoms with van der Waals surface area (Å²) in [5, 5.41) is 12.5. The van der Waals surface area contributed by atoms with Gasteiger partial charge in [0, 0.05) is 24.3 Å². The van der Waals surface area contributed by atoms with E-state index in [2.05, 4.69) is 21.2 Å². The van der Waals surface area contributed by atoms with Crippen LogP contribution in [-0.2, 0) is 10.0 Å². The average Bonchev–Trinajstić information content (AvgIpc) is 2.67. The van der Waals surface area contributed by atoms with E-state index in [1.807, 2.05) is 0 Å². The number of benzene rings is 2. The molecule has 1 saturated heterocycles. The molecule has 1 aliphatic rings. The first kappa shape index (κ1) is 22.2. The third-order valence-electron chi connectivity index (χ3n) is 4.81. The van der Waals surface area contributed by atoms with Crippen molar-refractivity contribution in [2.75, 3.05) is 18.4 Å². The van der Waals surface area contributed by atoms with E-state index in [4.69, 9.17) is 11.6 Å². The number of piperidine rings is 1. The van der Waals surface area contributed by atoms with Crippen molar-refractivity contribution in [2.45, 2.75) is 24.3 Å². The van der Waals surface area contributed by atoms with Crippen LogP contribution in [0.1, 0.15) is 23.7 Å². The van der Waals surface area contributed by atoms with Gasteiger partial charge in [0.2, 0.25) is 10.0 Å². The zero-order valence-corrected chi connectivity index (χ0v) is 18.6. The van der Waals surface area contributed by atoms with Crippen LogP contribution in [0.4, 0.5) is 10.1 Å². The second kappa shape index (κ2) is 8.69. The normalized spacial score (nSPS) is 20.4. The van der Waals surface area contributed by atoms with Crippen LogP contribution < -0.4 is 5.32 Å². The van der Waals surface area contributed by atoms with Crippen LogP contribution in [0.15, 0.2) is 45.8 Å². The van der Waals surface area contributed by atoms with Gasteiger partial charge in [0.1, 0.15) is 10.7 Å². The van der Waals surface area contributed by atoms with Gasteiger partial charge >= 0.3 is 0 Å². The minimum atomic E-state index is -3.94. The summed E-state index contributed by atoms with van der Waals surface area (Å²) in [5.74, 6) is -1.23. The molecular weight excluding hydrogens is 487 g/mol. The Labute approximate surface area is 181 Å². The van der Waals surface area contributed by atoms with Crippen LogP contribution in [0.5, 0.6) is 0 Å². The molecule has 0 aromatic heterocycles. The summed E-state index contributed by atoms with van der Waals surface area (Å²) < 4.78 is 40.9. The number of carbonyl (C=O) groups is 1. The van der Waals surface area contributed by atoms with Crippen molar-refractivity contribution >= 4 is 49.1 Å². The minimum absolute atomic E-state index is 0.00449. The predicted molar refractivity (Wildman–Crippen MR) is 112 cm³/mol. The lowest BCUT2D eigenvalue weighted by atomic mass is 9.99. The molecule has 10 heteroatoms. The van der Waals surface area contributed by atoms with Crippen molar-refractivity contribution in [1.82, 2.24) is 4.31 Å². The number of hydrogen-bond acceptors (Lipinski definition) is 4. The monoisotopic (exact) mass is 504 g/mol. The Morgan fingerprint density at radius 3 is 2.69 bits per heavy atom. The van der Waals surface area contributed by atoms with Gasteiger partial charge in [-0.2, -0.15) is 4.31 Å². The average molecular weight is 506 g/mol. The van der Waals surface area contributed by atoms with Crippen LogP contribution >= 0.6 is 27.5 Å². The van der Waals surface area contributed by atoms with E-state index >= 15 is 0 Å². The molecule has 0 spiro atoms. The highest BCUT2D eigenvalue weighted by molar-refractivity contribution is 9.10. The Hall–Kier alpha value is -1.52. The summed E-state index contributed by atoms with van der Waals surface area (Å²) >= 11 is 9.18. The van der Waals surface area contributed by atoms with Crippen LogP contribution in [0, 0.1) is 11.7 Å². The van der Waals surface area contributed by atoms with Crippen molar-refractivity contribution in [3.05, 3.63) is 57.3 Å². The van der Waals surface area contributed by atoms with Crippen LogP contribution in [0.3, 0.4) is 0 Å². The van der Waals surface area contributed by atoms with E-state index in [0.717, 1.165) is 0 Å². The summed E-state index contributed by atoms with van der Waals surface area (Å²) in [4.78, 5) is 12.4. The second-order valence-corrected chi connectivity index (χ2v) is 10.1. The number of carbonyl (C=O) groups excluding carboxylic acids is 1. The highest BCUT2D eigenvalue weighted by atomic mass is 79.9. The maximum absolute atomic E-state index is 13.4. The molecule has 2 N–H and O–H groups in total. The number of aliphatic hydroxyl groups excluding tert-OH is 1. The van der Waals surface area contributed by atoms with Gasteiger partial charge in [0.25, 0.3) is 5.91 Å². The van der Waals surface area contributed by atoms with E-state index in [-0.39, 0.29) is 39.0 Å². The van der Waals surface area contributed by atoms with Gasteiger partial charge in [-0.05, 0) is 64.7 Å². The first-order valence-corrected chi connectivity index (χ1v) is 11.4. The fraction of sp³-hybridized carbons (Fsp3) is 0.316. The van der Waals surface area contributed by atoms with Gasteiger partial charge in [0.15, 0.2) is 0 Å². The summed E-state index contributed by atoms with van der Waals surface area (Å²) in [7, 11) is -3.94. The molecule has 1 fully saturated rings. The first-order chi connectivity index (χ1) is 13.6. The number of sulfonamides is 1. The van der Waals surface area contributed by atoms with Gasteiger partial charge < -0.3 is 10.4 Å². The lowest BCUT2D eigenvalue weighted by molar-refractivity contribution is 0.0628. The topological polar surface area (TPSA) is 86.7 Å². The quantitative estimate of drug-likeness (QED) is 0.660. The molecule has 6 nitrogen and oxygen atoms in total. The molecule has 1 amide bonds. The highest BCUT2D eigenvalue weighted by Gasteiger charge is 2.34. The molecule has 0 bridgehead atoms. The van der Waals surface area contributed by atoms with Gasteiger partial charge in [0.05, 0.1) is 15.6 Å². The maximum Gasteiger partial charge on any atom is 0.255 e. The Morgan fingerprint density at radius 2 is 2.03 bits per heavy atom. The molecular formula is C19H19BrClFN2O4S. The summed E-state index contributed by atoms with van der Waals surface area (Å²) in [5.41, 5.74) is 0.444. The molecule has 2 unspecified atom stereocenters. The Balaban J connectivity index is 1.87. The van der Waals surface area contributed by atoms with Crippen molar-refractivity contribution in [3.63, 3.8) is 0 Å². The number of rotatable bonds is 4. The lowest BCUT2D eigenvalue weighted by Crippen LogP contribution is -2.44. The minimum Gasteiger partial charge on any atom is -0.393 e. The van der Waals surface area contributed by atoms with Gasteiger partial charge in [-0.15, -0.1) is 0 Å². The number of aliphatic hydroxyl groups is 1. The van der Waals surface area contributed by atoms with E-state index < -0.39 is 27.9 Å². The van der Waals surface area contributed by atoms with Gasteiger partial charge in [-0.3, -0.25) is 4.79 Å². The number of anilines is 1. The fourth-order valence-corrected chi connectivity index (χ4v) is 5.51. The standard InChI is InChI=1S/C19H19BrClFN2O4S/c1-11-10-24(7-6-17(11)25)29(27,28)18-8-12(2-4-15(18)21)19(26)23-13-3-5-16(22)14(20)9-13/h2-5,8-9,11,17,25H,6-7,10H2,1H3,(H,23,26). The van der Waals surface area contributed by atoms with E-state index in [9.17, 15) is 22.7 Å². The van der Waals surface area contributed by atoms with E-state index in [1.54, 1.807) is 6.92 Å². The van der Waals surface area contributed by atoms with Crippen molar-refractivity contribution < 1.29 is 22.7 Å². The van der Waals surface area contributed by atoms with Crippen molar-refractivity contribution in [1.29, 1.82) is 0 Å². The van der Waals surface area contributed by atoms with Gasteiger partial charge in [-0.1, -0.05) is 18.5 Å². The van der Waals surface area contributed by atoms with Crippen LogP contribution in [0.25, 0.3) is 0 Å². The number of amides is 1. The summed E-state index contributed by atoms with van der Waals surface area (Å²) in [6.45, 7) is 2.11. The Bertz CT molecular complexity index is 1050. The van der Waals surface area contributed by atoms with Crippen molar-refractivity contribution in [2.24, 2.45) is 5.92 Å². The zero-order chi connectivity index (χ0) is 21.3. The molecule has 1 heterocycles. The molecule has 0 saturated carbocycles.